The van der Waals surface area contributed by atoms with Gasteiger partial charge in [-0.25, -0.2) is 0 Å². The van der Waals surface area contributed by atoms with E-state index in [9.17, 15) is 27.6 Å². The van der Waals surface area contributed by atoms with E-state index in [1.54, 1.807) is 17.5 Å². The van der Waals surface area contributed by atoms with Gasteiger partial charge in [0.15, 0.2) is 0 Å². The summed E-state index contributed by atoms with van der Waals surface area (Å²) in [6.07, 6.45) is -3.21. The Labute approximate surface area is 170 Å². The second-order valence-corrected chi connectivity index (χ2v) is 7.93. The summed E-state index contributed by atoms with van der Waals surface area (Å²) >= 11 is 7.62. The fourth-order valence-electron chi connectivity index (χ4n) is 2.33. The van der Waals surface area contributed by atoms with Crippen LogP contribution in [-0.2, 0) is 15.8 Å². The zero-order valence-corrected chi connectivity index (χ0v) is 16.1. The molecule has 1 fully saturated rings. The van der Waals surface area contributed by atoms with Gasteiger partial charge in [0.05, 0.1) is 16.2 Å². The highest BCUT2D eigenvalue weighted by Crippen LogP contribution is 2.37. The van der Waals surface area contributed by atoms with Crippen molar-refractivity contribution in [3.8, 4) is 0 Å². The molecule has 3 rings (SSSR count). The van der Waals surface area contributed by atoms with Gasteiger partial charge >= 0.3 is 6.18 Å². The summed E-state index contributed by atoms with van der Waals surface area (Å²) < 4.78 is 39.3. The van der Waals surface area contributed by atoms with Gasteiger partial charge in [0, 0.05) is 9.90 Å². The number of imide groups is 1. The van der Waals surface area contributed by atoms with E-state index in [0.717, 1.165) is 10.9 Å². The largest absolute Gasteiger partial charge is 0.418 e. The van der Waals surface area contributed by atoms with Crippen molar-refractivity contribution in [1.29, 1.82) is 0 Å². The molecule has 1 aliphatic rings. The van der Waals surface area contributed by atoms with Crippen molar-refractivity contribution in [2.24, 2.45) is 0 Å². The molecule has 0 unspecified atom stereocenters. The number of thiophene rings is 1. The maximum Gasteiger partial charge on any atom is 0.418 e. The zero-order chi connectivity index (χ0) is 20.5. The number of hydrogen-bond acceptors (Lipinski definition) is 5. The van der Waals surface area contributed by atoms with Crippen LogP contribution in [0.3, 0.4) is 0 Å². The Kier molecular flexibility index (Phi) is 5.82. The lowest BCUT2D eigenvalue weighted by molar-refractivity contribution is -0.137. The third-order valence-corrected chi connectivity index (χ3v) is 5.51. The molecule has 1 N–H and O–H groups in total. The number of amides is 3. The third kappa shape index (κ3) is 4.57. The summed E-state index contributed by atoms with van der Waals surface area (Å²) in [6.45, 7) is -0.702. The first-order valence-electron chi connectivity index (χ1n) is 7.60. The van der Waals surface area contributed by atoms with Crippen LogP contribution in [0.15, 0.2) is 40.6 Å². The Morgan fingerprint density at radius 2 is 2.00 bits per heavy atom. The molecule has 2 aromatic rings. The van der Waals surface area contributed by atoms with Crippen LogP contribution in [0.2, 0.25) is 5.02 Å². The van der Waals surface area contributed by atoms with Crippen molar-refractivity contribution in [2.45, 2.75) is 6.18 Å². The Balaban J connectivity index is 1.74. The monoisotopic (exact) mass is 446 g/mol. The van der Waals surface area contributed by atoms with Gasteiger partial charge in [-0.3, -0.25) is 19.3 Å². The van der Waals surface area contributed by atoms with Crippen LogP contribution in [0.25, 0.3) is 6.08 Å². The van der Waals surface area contributed by atoms with Gasteiger partial charge in [-0.1, -0.05) is 17.7 Å². The highest BCUT2D eigenvalue weighted by molar-refractivity contribution is 8.18. The van der Waals surface area contributed by atoms with Crippen LogP contribution in [0, 0.1) is 0 Å². The Bertz CT molecular complexity index is 975. The topological polar surface area (TPSA) is 66.5 Å². The average molecular weight is 447 g/mol. The zero-order valence-electron chi connectivity index (χ0n) is 13.7. The number of nitrogens with zero attached hydrogens (tertiary/aromatic N) is 1. The molecule has 0 saturated carbocycles. The number of nitrogens with one attached hydrogen (secondary N) is 1. The smallest absolute Gasteiger partial charge is 0.324 e. The molecule has 28 heavy (non-hydrogen) atoms. The molecular weight excluding hydrogens is 437 g/mol. The number of anilines is 1. The molecule has 0 atom stereocenters. The lowest BCUT2D eigenvalue weighted by Gasteiger charge is -2.16. The van der Waals surface area contributed by atoms with Crippen molar-refractivity contribution in [3.63, 3.8) is 0 Å². The molecule has 1 aromatic heterocycles. The Morgan fingerprint density at radius 1 is 1.25 bits per heavy atom. The lowest BCUT2D eigenvalue weighted by Crippen LogP contribution is -2.36. The average Bonchev–Trinajstić information content (AvgIpc) is 3.20. The number of rotatable bonds is 4. The molecule has 0 radical (unpaired) electrons. The molecule has 1 aliphatic heterocycles. The van der Waals surface area contributed by atoms with Crippen molar-refractivity contribution in [1.82, 2.24) is 4.90 Å². The number of carbonyl (C=O) groups excluding carboxylic acids is 3. The van der Waals surface area contributed by atoms with Crippen LogP contribution >= 0.6 is 34.7 Å². The first-order chi connectivity index (χ1) is 13.1. The highest BCUT2D eigenvalue weighted by atomic mass is 35.5. The van der Waals surface area contributed by atoms with E-state index in [4.69, 9.17) is 11.6 Å². The predicted octanol–water partition coefficient (Wildman–Crippen LogP) is 5.10. The summed E-state index contributed by atoms with van der Waals surface area (Å²) in [5.74, 6) is -1.61. The summed E-state index contributed by atoms with van der Waals surface area (Å²) in [5.41, 5.74) is -1.64. The van der Waals surface area contributed by atoms with E-state index in [2.05, 4.69) is 5.32 Å². The highest BCUT2D eigenvalue weighted by Gasteiger charge is 2.37. The van der Waals surface area contributed by atoms with E-state index >= 15 is 0 Å². The van der Waals surface area contributed by atoms with Gasteiger partial charge in [-0.2, -0.15) is 13.2 Å². The van der Waals surface area contributed by atoms with E-state index in [-0.39, 0.29) is 9.93 Å². The van der Waals surface area contributed by atoms with Crippen LogP contribution in [0.1, 0.15) is 10.4 Å². The maximum atomic E-state index is 13.1. The fraction of sp³-hybridized carbons (Fsp3) is 0.118. The standard InChI is InChI=1S/C17H10ClF3N2O3S2/c18-9-3-4-12(11(6-9)17(19,20)21)22-14(24)8-23-15(25)13(28-16(23)26)7-10-2-1-5-27-10/h1-7H,8H2,(H,22,24)/b13-7-. The first-order valence-corrected chi connectivity index (χ1v) is 9.68. The first kappa shape index (κ1) is 20.4. The van der Waals surface area contributed by atoms with E-state index in [0.29, 0.717) is 22.7 Å². The third-order valence-electron chi connectivity index (χ3n) is 3.55. The molecule has 1 aromatic carbocycles. The van der Waals surface area contributed by atoms with Gasteiger partial charge in [-0.15, -0.1) is 11.3 Å². The van der Waals surface area contributed by atoms with Gasteiger partial charge in [0.2, 0.25) is 5.91 Å². The predicted molar refractivity (Wildman–Crippen MR) is 102 cm³/mol. The Morgan fingerprint density at radius 3 is 2.64 bits per heavy atom. The van der Waals surface area contributed by atoms with Crippen molar-refractivity contribution in [2.75, 3.05) is 11.9 Å². The summed E-state index contributed by atoms with van der Waals surface area (Å²) in [6, 6.07) is 6.41. The lowest BCUT2D eigenvalue weighted by atomic mass is 10.1. The van der Waals surface area contributed by atoms with Crippen LogP contribution in [-0.4, -0.2) is 28.5 Å². The minimum absolute atomic E-state index is 0.141. The van der Waals surface area contributed by atoms with Crippen molar-refractivity contribution in [3.05, 3.63) is 56.1 Å². The van der Waals surface area contributed by atoms with Gasteiger partial charge in [0.1, 0.15) is 6.54 Å². The molecule has 0 bridgehead atoms. The molecule has 3 amide bonds. The van der Waals surface area contributed by atoms with E-state index in [1.165, 1.54) is 23.5 Å². The molecule has 146 valence electrons. The SMILES string of the molecule is O=C(CN1C(=O)S/C(=C\c2cccs2)C1=O)Nc1ccc(Cl)cc1C(F)(F)F. The maximum absolute atomic E-state index is 13.1. The van der Waals surface area contributed by atoms with Crippen LogP contribution in [0.4, 0.5) is 23.7 Å². The molecule has 2 heterocycles. The second-order valence-electron chi connectivity index (χ2n) is 5.52. The number of halogens is 4. The number of thioether (sulfide) groups is 1. The summed E-state index contributed by atoms with van der Waals surface area (Å²) in [4.78, 5) is 38.1. The molecule has 0 spiro atoms. The fourth-order valence-corrected chi connectivity index (χ4v) is 4.07. The summed E-state index contributed by atoms with van der Waals surface area (Å²) in [5, 5.41) is 3.07. The van der Waals surface area contributed by atoms with Crippen molar-refractivity contribution >= 4 is 63.5 Å². The quantitative estimate of drug-likeness (QED) is 0.664. The summed E-state index contributed by atoms with van der Waals surface area (Å²) in [7, 11) is 0. The molecular formula is C17H10ClF3N2O3S2. The second kappa shape index (κ2) is 7.98. The van der Waals surface area contributed by atoms with Crippen molar-refractivity contribution < 1.29 is 27.6 Å². The van der Waals surface area contributed by atoms with Gasteiger partial charge in [0.25, 0.3) is 11.1 Å². The molecule has 1 saturated heterocycles. The van der Waals surface area contributed by atoms with E-state index < -0.39 is 41.0 Å². The van der Waals surface area contributed by atoms with Gasteiger partial charge in [-0.05, 0) is 47.5 Å². The van der Waals surface area contributed by atoms with E-state index in [1.807, 2.05) is 0 Å². The number of hydrogen-bond donors (Lipinski definition) is 1. The van der Waals surface area contributed by atoms with Crippen LogP contribution < -0.4 is 5.32 Å². The number of benzene rings is 1. The normalized spacial score (nSPS) is 16.1. The molecule has 5 nitrogen and oxygen atoms in total. The minimum Gasteiger partial charge on any atom is -0.324 e. The number of carbonyl (C=O) groups is 3. The number of alkyl halides is 3. The van der Waals surface area contributed by atoms with Crippen LogP contribution in [0.5, 0.6) is 0 Å². The molecule has 0 aliphatic carbocycles. The molecule has 11 heteroatoms. The minimum atomic E-state index is -4.74. The van der Waals surface area contributed by atoms with Gasteiger partial charge < -0.3 is 5.32 Å². The Hall–Kier alpha value is -2.30.